The first kappa shape index (κ1) is 19.4. The van der Waals surface area contributed by atoms with E-state index >= 15 is 0 Å². The zero-order valence-electron chi connectivity index (χ0n) is 17.7. The minimum Gasteiger partial charge on any atom is -0.496 e. The van der Waals surface area contributed by atoms with Crippen LogP contribution < -0.4 is 15.4 Å². The van der Waals surface area contributed by atoms with Crippen LogP contribution in [0.1, 0.15) is 38.3 Å². The Labute approximate surface area is 180 Å². The van der Waals surface area contributed by atoms with Crippen molar-refractivity contribution in [3.8, 4) is 5.75 Å². The maximum atomic E-state index is 13.2. The van der Waals surface area contributed by atoms with Crippen LogP contribution in [0.5, 0.6) is 5.75 Å². The Morgan fingerprint density at radius 1 is 1.13 bits per heavy atom. The molecular weight excluding hydrogens is 392 g/mol. The second-order valence-electron chi connectivity index (χ2n) is 8.69. The molecule has 1 aromatic heterocycles. The zero-order valence-corrected chi connectivity index (χ0v) is 17.7. The lowest BCUT2D eigenvalue weighted by Gasteiger charge is -2.37. The maximum absolute atomic E-state index is 13.2. The molecule has 0 unspecified atom stereocenters. The number of anilines is 1. The smallest absolute Gasteiger partial charge is 0.302 e. The molecule has 0 fully saturated rings. The number of rotatable bonds is 3. The van der Waals surface area contributed by atoms with Gasteiger partial charge in [0.2, 0.25) is 5.96 Å². The summed E-state index contributed by atoms with van der Waals surface area (Å²) >= 11 is 0. The van der Waals surface area contributed by atoms with Gasteiger partial charge in [-0.2, -0.15) is 4.98 Å². The highest BCUT2D eigenvalue weighted by Gasteiger charge is 2.40. The molecule has 2 aromatic carbocycles. The molecule has 1 atom stereocenters. The fourth-order valence-electron chi connectivity index (χ4n) is 4.34. The van der Waals surface area contributed by atoms with Crippen molar-refractivity contribution in [2.45, 2.75) is 32.7 Å². The van der Waals surface area contributed by atoms with E-state index in [0.29, 0.717) is 35.3 Å². The number of ketones is 1. The topological polar surface area (TPSA) is 88.8 Å². The Morgan fingerprint density at radius 2 is 1.90 bits per heavy atom. The van der Waals surface area contributed by atoms with E-state index in [0.717, 1.165) is 23.2 Å². The van der Waals surface area contributed by atoms with Crippen molar-refractivity contribution in [1.82, 2.24) is 10.3 Å². The quantitative estimate of drug-likeness (QED) is 0.649. The summed E-state index contributed by atoms with van der Waals surface area (Å²) in [7, 11) is 1.63. The third kappa shape index (κ3) is 3.56. The van der Waals surface area contributed by atoms with E-state index in [-0.39, 0.29) is 11.2 Å². The van der Waals surface area contributed by atoms with Crippen LogP contribution in [0.4, 0.5) is 6.01 Å². The number of hydrogen-bond donors (Lipinski definition) is 2. The summed E-state index contributed by atoms with van der Waals surface area (Å²) in [5.41, 5.74) is 3.75. The first-order valence-electron chi connectivity index (χ1n) is 10.3. The number of nitrogens with zero attached hydrogens (tertiary/aromatic N) is 2. The maximum Gasteiger partial charge on any atom is 0.302 e. The van der Waals surface area contributed by atoms with Gasteiger partial charge in [-0.3, -0.25) is 10.1 Å². The molecule has 0 amide bonds. The Morgan fingerprint density at radius 3 is 2.71 bits per heavy atom. The number of hydrogen-bond acceptors (Lipinski definition) is 7. The predicted octanol–water partition coefficient (Wildman–Crippen LogP) is 4.59. The number of aromatic nitrogens is 1. The van der Waals surface area contributed by atoms with Crippen molar-refractivity contribution < 1.29 is 13.9 Å². The van der Waals surface area contributed by atoms with Crippen LogP contribution >= 0.6 is 0 Å². The van der Waals surface area contributed by atoms with E-state index in [4.69, 9.17) is 14.1 Å². The van der Waals surface area contributed by atoms with Gasteiger partial charge in [-0.15, -0.1) is 0 Å². The lowest BCUT2D eigenvalue weighted by Crippen LogP contribution is -2.42. The fourth-order valence-corrected chi connectivity index (χ4v) is 4.34. The van der Waals surface area contributed by atoms with Gasteiger partial charge in [0, 0.05) is 23.3 Å². The average Bonchev–Trinajstić information content (AvgIpc) is 3.14. The van der Waals surface area contributed by atoms with Crippen molar-refractivity contribution >= 4 is 28.9 Å². The lowest BCUT2D eigenvalue weighted by atomic mass is 9.73. The number of guanidine groups is 1. The standard InChI is InChI=1S/C24H24N4O3/c1-24(2)12-16-20(17(29)13-24)21(14-8-4-6-10-18(14)30-3)27-22(25-16)28-23-26-15-9-5-7-11-19(15)31-23/h4-11,21H,12-13H2,1-3H3,(H2,25,26,27,28)/t21-/m1/s1. The van der Waals surface area contributed by atoms with E-state index in [1.54, 1.807) is 7.11 Å². The van der Waals surface area contributed by atoms with Crippen LogP contribution in [-0.2, 0) is 4.79 Å². The van der Waals surface area contributed by atoms with Crippen molar-refractivity contribution in [3.63, 3.8) is 0 Å². The molecule has 0 spiro atoms. The Hall–Kier alpha value is -3.61. The number of para-hydroxylation sites is 3. The molecule has 2 aliphatic rings. The minimum atomic E-state index is -0.470. The molecule has 0 radical (unpaired) electrons. The summed E-state index contributed by atoms with van der Waals surface area (Å²) in [6, 6.07) is 15.1. The highest BCUT2D eigenvalue weighted by atomic mass is 16.5. The predicted molar refractivity (Wildman–Crippen MR) is 119 cm³/mol. The van der Waals surface area contributed by atoms with Gasteiger partial charge in [0.05, 0.1) is 7.11 Å². The van der Waals surface area contributed by atoms with Crippen LogP contribution in [0.2, 0.25) is 0 Å². The number of nitrogens with one attached hydrogen (secondary N) is 2. The van der Waals surface area contributed by atoms with Crippen molar-refractivity contribution in [2.75, 3.05) is 12.4 Å². The normalized spacial score (nSPS) is 20.2. The van der Waals surface area contributed by atoms with Gasteiger partial charge in [0.15, 0.2) is 11.4 Å². The van der Waals surface area contributed by atoms with E-state index in [2.05, 4.69) is 29.5 Å². The molecule has 0 saturated carbocycles. The zero-order chi connectivity index (χ0) is 21.6. The van der Waals surface area contributed by atoms with Gasteiger partial charge in [-0.05, 0) is 30.0 Å². The molecule has 7 nitrogen and oxygen atoms in total. The van der Waals surface area contributed by atoms with Gasteiger partial charge >= 0.3 is 6.01 Å². The van der Waals surface area contributed by atoms with E-state index in [1.807, 2.05) is 48.5 Å². The van der Waals surface area contributed by atoms with Crippen LogP contribution in [0.15, 0.2) is 69.2 Å². The monoisotopic (exact) mass is 416 g/mol. The van der Waals surface area contributed by atoms with Gasteiger partial charge < -0.3 is 14.5 Å². The minimum absolute atomic E-state index is 0.110. The van der Waals surface area contributed by atoms with Crippen LogP contribution in [0.25, 0.3) is 11.1 Å². The first-order valence-corrected chi connectivity index (χ1v) is 10.3. The highest BCUT2D eigenvalue weighted by Crippen LogP contribution is 2.44. The van der Waals surface area contributed by atoms with Crippen LogP contribution in [0, 0.1) is 5.41 Å². The number of methoxy groups -OCH3 is 1. The number of allylic oxidation sites excluding steroid dienone is 1. The van der Waals surface area contributed by atoms with Gasteiger partial charge in [0.25, 0.3) is 0 Å². The third-order valence-corrected chi connectivity index (χ3v) is 5.67. The molecular formula is C24H24N4O3. The van der Waals surface area contributed by atoms with E-state index in [1.165, 1.54) is 0 Å². The molecule has 2 heterocycles. The number of aliphatic imine (C=N–C) groups is 1. The number of carbonyl (C=O) groups excluding carboxylic acids is 1. The van der Waals surface area contributed by atoms with Crippen LogP contribution in [-0.4, -0.2) is 23.8 Å². The molecule has 1 aliphatic heterocycles. The van der Waals surface area contributed by atoms with Crippen molar-refractivity contribution in [1.29, 1.82) is 0 Å². The molecule has 7 heteroatoms. The fraction of sp³-hybridized carbons (Fsp3) is 0.292. The number of benzene rings is 2. The van der Waals surface area contributed by atoms with E-state index < -0.39 is 6.04 Å². The summed E-state index contributed by atoms with van der Waals surface area (Å²) < 4.78 is 11.4. The molecule has 2 N–H and O–H groups in total. The number of Topliss-reactive ketones (excluding diaryl/α,β-unsaturated/α-hetero) is 1. The second-order valence-corrected chi connectivity index (χ2v) is 8.69. The molecule has 5 rings (SSSR count). The molecule has 1 aliphatic carbocycles. The molecule has 31 heavy (non-hydrogen) atoms. The van der Waals surface area contributed by atoms with Gasteiger partial charge in [0.1, 0.15) is 17.3 Å². The Kier molecular flexibility index (Phi) is 4.54. The SMILES string of the molecule is COc1ccccc1[C@H]1N=C(Nc2nc3ccccc3o2)NC2=C1C(=O)CC(C)(C)C2. The summed E-state index contributed by atoms with van der Waals surface area (Å²) in [5.74, 6) is 1.30. The average molecular weight is 416 g/mol. The van der Waals surface area contributed by atoms with Gasteiger partial charge in [-0.1, -0.05) is 44.2 Å². The number of ether oxygens (including phenoxy) is 1. The first-order chi connectivity index (χ1) is 14.9. The van der Waals surface area contributed by atoms with Crippen molar-refractivity contribution in [2.24, 2.45) is 10.4 Å². The second kappa shape index (κ2) is 7.27. The summed E-state index contributed by atoms with van der Waals surface area (Å²) in [6.07, 6.45) is 1.23. The number of oxazole rings is 1. The highest BCUT2D eigenvalue weighted by molar-refractivity contribution is 6.03. The molecule has 0 bridgehead atoms. The molecule has 0 saturated heterocycles. The molecule has 3 aromatic rings. The van der Waals surface area contributed by atoms with E-state index in [9.17, 15) is 4.79 Å². The lowest BCUT2D eigenvalue weighted by molar-refractivity contribution is -0.118. The summed E-state index contributed by atoms with van der Waals surface area (Å²) in [4.78, 5) is 22.5. The summed E-state index contributed by atoms with van der Waals surface area (Å²) in [5, 5.41) is 6.49. The third-order valence-electron chi connectivity index (χ3n) is 5.67. The summed E-state index contributed by atoms with van der Waals surface area (Å²) in [6.45, 7) is 4.21. The Balaban J connectivity index is 1.57. The van der Waals surface area contributed by atoms with Crippen molar-refractivity contribution in [3.05, 3.63) is 65.4 Å². The molecule has 158 valence electrons. The largest absolute Gasteiger partial charge is 0.496 e. The number of fused-ring (bicyclic) bond motifs is 1. The van der Waals surface area contributed by atoms with Crippen LogP contribution in [0.3, 0.4) is 0 Å². The Bertz CT molecular complexity index is 1210. The number of carbonyl (C=O) groups is 1. The van der Waals surface area contributed by atoms with Gasteiger partial charge in [-0.25, -0.2) is 4.99 Å².